The molecule has 0 aliphatic carbocycles. The Morgan fingerprint density at radius 2 is 1.62 bits per heavy atom. The third-order valence-electron chi connectivity index (χ3n) is 4.36. The predicted octanol–water partition coefficient (Wildman–Crippen LogP) is 2.39. The van der Waals surface area contributed by atoms with Crippen LogP contribution in [0.3, 0.4) is 0 Å². The fourth-order valence-electron chi connectivity index (χ4n) is 2.93. The maximum atomic E-state index is 12.6. The van der Waals surface area contributed by atoms with E-state index in [1.54, 1.807) is 10.9 Å². The van der Waals surface area contributed by atoms with Gasteiger partial charge in [-0.25, -0.2) is 4.68 Å². The third-order valence-corrected chi connectivity index (χ3v) is 4.89. The highest BCUT2D eigenvalue weighted by molar-refractivity contribution is 9.10. The fraction of sp³-hybridized carbons (Fsp3) is 0.222. The molecule has 26 heavy (non-hydrogen) atoms. The summed E-state index contributed by atoms with van der Waals surface area (Å²) in [6.45, 7) is 2.80. The first-order valence-corrected chi connectivity index (χ1v) is 9.13. The molecule has 1 aliphatic rings. The van der Waals surface area contributed by atoms with Crippen LogP contribution < -0.4 is 4.90 Å². The van der Waals surface area contributed by atoms with Crippen LogP contribution in [-0.4, -0.2) is 57.0 Å². The van der Waals surface area contributed by atoms with Crippen molar-refractivity contribution >= 4 is 27.7 Å². The van der Waals surface area contributed by atoms with Crippen LogP contribution in [0.25, 0.3) is 5.82 Å². The second kappa shape index (κ2) is 7.25. The zero-order valence-electron chi connectivity index (χ0n) is 14.0. The Kier molecular flexibility index (Phi) is 4.66. The van der Waals surface area contributed by atoms with Gasteiger partial charge in [0.2, 0.25) is 0 Å². The second-order valence-electron chi connectivity index (χ2n) is 5.99. The molecule has 0 spiro atoms. The first kappa shape index (κ1) is 16.7. The summed E-state index contributed by atoms with van der Waals surface area (Å²) in [5.74, 6) is 1.57. The van der Waals surface area contributed by atoms with Crippen LogP contribution in [0.5, 0.6) is 0 Å². The maximum Gasteiger partial charge on any atom is 0.253 e. The molecule has 8 heteroatoms. The first-order chi connectivity index (χ1) is 12.7. The minimum Gasteiger partial charge on any atom is -0.352 e. The van der Waals surface area contributed by atoms with Gasteiger partial charge < -0.3 is 9.80 Å². The molecule has 3 aromatic rings. The zero-order valence-corrected chi connectivity index (χ0v) is 15.6. The van der Waals surface area contributed by atoms with Crippen LogP contribution in [0.15, 0.2) is 59.3 Å². The molecule has 7 nitrogen and oxygen atoms in total. The molecule has 1 saturated heterocycles. The summed E-state index contributed by atoms with van der Waals surface area (Å²) >= 11 is 3.39. The Morgan fingerprint density at radius 1 is 0.923 bits per heavy atom. The van der Waals surface area contributed by atoms with Crippen LogP contribution in [0, 0.1) is 0 Å². The summed E-state index contributed by atoms with van der Waals surface area (Å²) in [5, 5.41) is 12.7. The molecule has 0 bridgehead atoms. The quantitative estimate of drug-likeness (QED) is 0.660. The molecule has 132 valence electrons. The first-order valence-electron chi connectivity index (χ1n) is 8.34. The largest absolute Gasteiger partial charge is 0.352 e. The highest BCUT2D eigenvalue weighted by Crippen LogP contribution is 2.17. The van der Waals surface area contributed by atoms with Gasteiger partial charge in [-0.05, 0) is 42.5 Å². The van der Waals surface area contributed by atoms with Crippen molar-refractivity contribution in [2.75, 3.05) is 31.1 Å². The lowest BCUT2D eigenvalue weighted by Crippen LogP contribution is -2.49. The van der Waals surface area contributed by atoms with Gasteiger partial charge in [0.15, 0.2) is 11.6 Å². The molecule has 0 unspecified atom stereocenters. The molecule has 1 amide bonds. The van der Waals surface area contributed by atoms with Gasteiger partial charge >= 0.3 is 0 Å². The lowest BCUT2D eigenvalue weighted by atomic mass is 10.2. The Hall–Kier alpha value is -2.74. The summed E-state index contributed by atoms with van der Waals surface area (Å²) in [6, 6.07) is 13.2. The van der Waals surface area contributed by atoms with Crippen molar-refractivity contribution < 1.29 is 4.79 Å². The monoisotopic (exact) mass is 412 g/mol. The molecule has 1 aliphatic heterocycles. The van der Waals surface area contributed by atoms with E-state index in [1.165, 1.54) is 0 Å². The number of amides is 1. The molecule has 1 aromatic carbocycles. The van der Waals surface area contributed by atoms with Crippen molar-refractivity contribution in [1.82, 2.24) is 24.9 Å². The number of halogens is 1. The van der Waals surface area contributed by atoms with E-state index in [2.05, 4.69) is 36.1 Å². The minimum atomic E-state index is 0.0669. The standard InChI is InChI=1S/C18H17BrN6O/c19-15-4-2-14(3-5-15)18(26)24-12-10-23(11-13-24)16-6-7-17(22-21-16)25-9-1-8-20-25/h1-9H,10-13H2. The summed E-state index contributed by atoms with van der Waals surface area (Å²) in [7, 11) is 0. The van der Waals surface area contributed by atoms with Crippen molar-refractivity contribution in [3.05, 3.63) is 64.9 Å². The molecular weight excluding hydrogens is 396 g/mol. The van der Waals surface area contributed by atoms with Crippen LogP contribution in [-0.2, 0) is 0 Å². The van der Waals surface area contributed by atoms with E-state index in [4.69, 9.17) is 0 Å². The lowest BCUT2D eigenvalue weighted by molar-refractivity contribution is 0.0746. The normalized spacial score (nSPS) is 14.5. The van der Waals surface area contributed by atoms with E-state index in [0.29, 0.717) is 24.5 Å². The van der Waals surface area contributed by atoms with Crippen molar-refractivity contribution in [2.24, 2.45) is 0 Å². The summed E-state index contributed by atoms with van der Waals surface area (Å²) in [4.78, 5) is 16.6. The number of hydrogen-bond acceptors (Lipinski definition) is 5. The predicted molar refractivity (Wildman–Crippen MR) is 101 cm³/mol. The van der Waals surface area contributed by atoms with Crippen molar-refractivity contribution in [3.63, 3.8) is 0 Å². The molecule has 0 saturated carbocycles. The van der Waals surface area contributed by atoms with E-state index < -0.39 is 0 Å². The number of piperazine rings is 1. The van der Waals surface area contributed by atoms with Crippen LogP contribution in [0.1, 0.15) is 10.4 Å². The molecular formula is C18H17BrN6O. The maximum absolute atomic E-state index is 12.6. The van der Waals surface area contributed by atoms with Crippen LogP contribution >= 0.6 is 15.9 Å². The number of anilines is 1. The van der Waals surface area contributed by atoms with Gasteiger partial charge in [0.25, 0.3) is 5.91 Å². The molecule has 0 atom stereocenters. The van der Waals surface area contributed by atoms with Crippen LogP contribution in [0.4, 0.5) is 5.82 Å². The molecule has 3 heterocycles. The Balaban J connectivity index is 1.39. The van der Waals surface area contributed by atoms with E-state index in [9.17, 15) is 4.79 Å². The highest BCUT2D eigenvalue weighted by atomic mass is 79.9. The summed E-state index contributed by atoms with van der Waals surface area (Å²) < 4.78 is 2.64. The Morgan fingerprint density at radius 3 is 2.23 bits per heavy atom. The van der Waals surface area contributed by atoms with Gasteiger partial charge in [0, 0.05) is 48.6 Å². The van der Waals surface area contributed by atoms with Crippen molar-refractivity contribution in [3.8, 4) is 5.82 Å². The summed E-state index contributed by atoms with van der Waals surface area (Å²) in [5.41, 5.74) is 0.713. The number of carbonyl (C=O) groups is 1. The van der Waals surface area contributed by atoms with E-state index in [-0.39, 0.29) is 5.91 Å². The zero-order chi connectivity index (χ0) is 17.9. The highest BCUT2D eigenvalue weighted by Gasteiger charge is 2.23. The van der Waals surface area contributed by atoms with Crippen LogP contribution in [0.2, 0.25) is 0 Å². The number of nitrogens with zero attached hydrogens (tertiary/aromatic N) is 6. The SMILES string of the molecule is O=C(c1ccc(Br)cc1)N1CCN(c2ccc(-n3cccn3)nn2)CC1. The number of hydrogen-bond donors (Lipinski definition) is 0. The molecule has 2 aromatic heterocycles. The smallest absolute Gasteiger partial charge is 0.253 e. The van der Waals surface area contributed by atoms with Gasteiger partial charge in [0.1, 0.15) is 0 Å². The van der Waals surface area contributed by atoms with Gasteiger partial charge in [-0.2, -0.15) is 5.10 Å². The number of benzene rings is 1. The minimum absolute atomic E-state index is 0.0669. The molecule has 0 radical (unpaired) electrons. The van der Waals surface area contributed by atoms with E-state index in [1.807, 2.05) is 53.6 Å². The van der Waals surface area contributed by atoms with E-state index in [0.717, 1.165) is 23.4 Å². The molecule has 4 rings (SSSR count). The molecule has 0 N–H and O–H groups in total. The topological polar surface area (TPSA) is 67.2 Å². The number of aromatic nitrogens is 4. The second-order valence-corrected chi connectivity index (χ2v) is 6.90. The average Bonchev–Trinajstić information content (AvgIpc) is 3.23. The van der Waals surface area contributed by atoms with Gasteiger partial charge in [-0.15, -0.1) is 10.2 Å². The number of rotatable bonds is 3. The van der Waals surface area contributed by atoms with Crippen molar-refractivity contribution in [1.29, 1.82) is 0 Å². The summed E-state index contributed by atoms with van der Waals surface area (Å²) in [6.07, 6.45) is 3.54. The lowest BCUT2D eigenvalue weighted by Gasteiger charge is -2.35. The average molecular weight is 413 g/mol. The Bertz CT molecular complexity index is 871. The fourth-order valence-corrected chi connectivity index (χ4v) is 3.19. The van der Waals surface area contributed by atoms with Gasteiger partial charge in [-0.3, -0.25) is 4.79 Å². The number of carbonyl (C=O) groups excluding carboxylic acids is 1. The molecule has 1 fully saturated rings. The third kappa shape index (κ3) is 3.45. The van der Waals surface area contributed by atoms with Gasteiger partial charge in [0.05, 0.1) is 0 Å². The van der Waals surface area contributed by atoms with Crippen molar-refractivity contribution in [2.45, 2.75) is 0 Å². The Labute approximate surface area is 159 Å². The van der Waals surface area contributed by atoms with Gasteiger partial charge in [-0.1, -0.05) is 15.9 Å². The van der Waals surface area contributed by atoms with E-state index >= 15 is 0 Å².